The molecule has 0 amide bonds. The standard InChI is InChI=1S/C20H24N6O5S/c21-12(20(29)30)6-7-32-8-13-15(27)16(28)19(31-13)26-10-24-14-17(22-9-23-18(14)26)25-11-4-2-1-3-5-11/h1-5,9-10,12-13,15-16,19,27-28H,6-8,21H2,(H,29,30)(H,22,23,25). The summed E-state index contributed by atoms with van der Waals surface area (Å²) in [7, 11) is 0. The van der Waals surface area contributed by atoms with E-state index in [1.54, 1.807) is 4.57 Å². The van der Waals surface area contributed by atoms with Crippen molar-refractivity contribution < 1.29 is 24.9 Å². The minimum atomic E-state index is -1.18. The molecule has 0 saturated carbocycles. The second-order valence-electron chi connectivity index (χ2n) is 7.39. The van der Waals surface area contributed by atoms with Gasteiger partial charge in [0.1, 0.15) is 24.6 Å². The van der Waals surface area contributed by atoms with Gasteiger partial charge >= 0.3 is 5.97 Å². The second-order valence-corrected chi connectivity index (χ2v) is 8.54. The normalized spacial score (nSPS) is 24.0. The van der Waals surface area contributed by atoms with Crippen molar-refractivity contribution in [1.82, 2.24) is 19.5 Å². The summed E-state index contributed by atoms with van der Waals surface area (Å²) >= 11 is 1.41. The van der Waals surface area contributed by atoms with Gasteiger partial charge in [-0.2, -0.15) is 11.8 Å². The lowest BCUT2D eigenvalue weighted by molar-refractivity contribution is -0.138. The third-order valence-corrected chi connectivity index (χ3v) is 6.27. The number of thioether (sulfide) groups is 1. The van der Waals surface area contributed by atoms with Gasteiger partial charge in [-0.3, -0.25) is 9.36 Å². The Hall–Kier alpha value is -2.77. The first-order valence-corrected chi connectivity index (χ1v) is 11.2. The number of aliphatic carboxylic acids is 1. The highest BCUT2D eigenvalue weighted by Gasteiger charge is 2.44. The zero-order valence-electron chi connectivity index (χ0n) is 17.0. The van der Waals surface area contributed by atoms with Gasteiger partial charge in [0.05, 0.1) is 12.4 Å². The van der Waals surface area contributed by atoms with Crippen molar-refractivity contribution in [3.8, 4) is 0 Å². The number of rotatable bonds is 9. The first-order chi connectivity index (χ1) is 15.5. The van der Waals surface area contributed by atoms with Gasteiger partial charge in [0, 0.05) is 11.4 Å². The number of hydrogen-bond donors (Lipinski definition) is 5. The van der Waals surface area contributed by atoms with Gasteiger partial charge in [0.25, 0.3) is 0 Å². The predicted octanol–water partition coefficient (Wildman–Crippen LogP) is 0.724. The number of hydrogen-bond acceptors (Lipinski definition) is 10. The van der Waals surface area contributed by atoms with E-state index in [0.717, 1.165) is 5.69 Å². The monoisotopic (exact) mass is 460 g/mol. The summed E-state index contributed by atoms with van der Waals surface area (Å²) in [6.45, 7) is 0. The average molecular weight is 461 g/mol. The van der Waals surface area contributed by atoms with Crippen molar-refractivity contribution >= 4 is 40.4 Å². The van der Waals surface area contributed by atoms with E-state index >= 15 is 0 Å². The predicted molar refractivity (Wildman–Crippen MR) is 119 cm³/mol. The number of aliphatic hydroxyl groups excluding tert-OH is 2. The molecule has 1 aliphatic heterocycles. The SMILES string of the molecule is NC(CCSCC1OC(n2cnc3c(Nc4ccccc4)ncnc32)C(O)C1O)C(=O)O. The van der Waals surface area contributed by atoms with Crippen LogP contribution >= 0.6 is 11.8 Å². The van der Waals surface area contributed by atoms with Gasteiger partial charge in [-0.05, 0) is 24.3 Å². The van der Waals surface area contributed by atoms with Crippen molar-refractivity contribution in [2.75, 3.05) is 16.8 Å². The molecule has 1 aromatic carbocycles. The number of ether oxygens (including phenoxy) is 1. The van der Waals surface area contributed by atoms with Crippen LogP contribution in [0, 0.1) is 0 Å². The lowest BCUT2D eigenvalue weighted by atomic mass is 10.1. The van der Waals surface area contributed by atoms with E-state index in [1.165, 1.54) is 24.4 Å². The van der Waals surface area contributed by atoms with Crippen LogP contribution in [-0.4, -0.2) is 76.7 Å². The van der Waals surface area contributed by atoms with Crippen LogP contribution in [0.3, 0.4) is 0 Å². The number of benzene rings is 1. The third kappa shape index (κ3) is 4.69. The maximum absolute atomic E-state index is 10.8. The number of carbonyl (C=O) groups is 1. The highest BCUT2D eigenvalue weighted by atomic mass is 32.2. The molecule has 0 bridgehead atoms. The maximum atomic E-state index is 10.8. The maximum Gasteiger partial charge on any atom is 0.320 e. The van der Waals surface area contributed by atoms with Gasteiger partial charge in [-0.15, -0.1) is 0 Å². The molecule has 3 aromatic rings. The molecule has 12 heteroatoms. The van der Waals surface area contributed by atoms with Gasteiger partial charge in [0.2, 0.25) is 0 Å². The molecule has 170 valence electrons. The molecule has 6 N–H and O–H groups in total. The molecule has 1 saturated heterocycles. The molecule has 1 aliphatic rings. The van der Waals surface area contributed by atoms with E-state index in [4.69, 9.17) is 15.6 Å². The summed E-state index contributed by atoms with van der Waals surface area (Å²) in [6, 6.07) is 8.59. The number of para-hydroxylation sites is 1. The van der Waals surface area contributed by atoms with Gasteiger partial charge in [0.15, 0.2) is 23.2 Å². The quantitative estimate of drug-likeness (QED) is 0.285. The van der Waals surface area contributed by atoms with E-state index in [-0.39, 0.29) is 0 Å². The number of anilines is 2. The van der Waals surface area contributed by atoms with E-state index in [1.807, 2.05) is 30.3 Å². The molecule has 3 heterocycles. The van der Waals surface area contributed by atoms with Crippen LogP contribution in [0.5, 0.6) is 0 Å². The summed E-state index contributed by atoms with van der Waals surface area (Å²) in [5.74, 6) is 0.336. The molecule has 0 radical (unpaired) electrons. The third-order valence-electron chi connectivity index (χ3n) is 5.18. The Labute approximate surface area is 187 Å². The first kappa shape index (κ1) is 22.4. The number of imidazole rings is 1. The minimum Gasteiger partial charge on any atom is -0.480 e. The van der Waals surface area contributed by atoms with Gasteiger partial charge < -0.3 is 31.1 Å². The van der Waals surface area contributed by atoms with E-state index in [9.17, 15) is 15.0 Å². The van der Waals surface area contributed by atoms with Crippen molar-refractivity contribution in [2.24, 2.45) is 5.73 Å². The molecule has 5 unspecified atom stereocenters. The van der Waals surface area contributed by atoms with Crippen molar-refractivity contribution in [1.29, 1.82) is 0 Å². The average Bonchev–Trinajstić information content (AvgIpc) is 3.34. The Morgan fingerprint density at radius 2 is 2.00 bits per heavy atom. The molecular weight excluding hydrogens is 436 g/mol. The zero-order valence-corrected chi connectivity index (χ0v) is 17.8. The molecule has 4 rings (SSSR count). The Kier molecular flexibility index (Phi) is 6.86. The van der Waals surface area contributed by atoms with Crippen LogP contribution in [0.2, 0.25) is 0 Å². The molecular formula is C20H24N6O5S. The summed E-state index contributed by atoms with van der Waals surface area (Å²) in [6.07, 6.45) is -0.611. The van der Waals surface area contributed by atoms with Gasteiger partial charge in [-0.25, -0.2) is 15.0 Å². The zero-order chi connectivity index (χ0) is 22.7. The Morgan fingerprint density at radius 3 is 2.75 bits per heavy atom. The molecule has 1 fully saturated rings. The van der Waals surface area contributed by atoms with Crippen LogP contribution < -0.4 is 11.1 Å². The summed E-state index contributed by atoms with van der Waals surface area (Å²) in [5, 5.41) is 33.1. The number of fused-ring (bicyclic) bond motifs is 1. The van der Waals surface area contributed by atoms with Crippen LogP contribution in [0.25, 0.3) is 11.2 Å². The Balaban J connectivity index is 1.46. The van der Waals surface area contributed by atoms with Crippen LogP contribution in [-0.2, 0) is 9.53 Å². The summed E-state index contributed by atoms with van der Waals surface area (Å²) < 4.78 is 7.50. The fourth-order valence-electron chi connectivity index (χ4n) is 3.42. The van der Waals surface area contributed by atoms with E-state index in [2.05, 4.69) is 20.3 Å². The number of aromatic nitrogens is 4. The topological polar surface area (TPSA) is 169 Å². The lowest BCUT2D eigenvalue weighted by Gasteiger charge is -2.16. The van der Waals surface area contributed by atoms with Crippen LogP contribution in [0.1, 0.15) is 12.6 Å². The van der Waals surface area contributed by atoms with E-state index < -0.39 is 36.6 Å². The number of nitrogens with zero attached hydrogens (tertiary/aromatic N) is 4. The molecule has 0 aliphatic carbocycles. The Bertz CT molecular complexity index is 1070. The molecule has 11 nitrogen and oxygen atoms in total. The van der Waals surface area contributed by atoms with E-state index in [0.29, 0.717) is 34.9 Å². The molecule has 2 aromatic heterocycles. The van der Waals surface area contributed by atoms with Crippen molar-refractivity contribution in [3.05, 3.63) is 43.0 Å². The molecule has 5 atom stereocenters. The smallest absolute Gasteiger partial charge is 0.320 e. The summed E-state index contributed by atoms with van der Waals surface area (Å²) in [4.78, 5) is 23.7. The number of aliphatic hydroxyl groups is 2. The fraction of sp³-hybridized carbons (Fsp3) is 0.400. The molecule has 0 spiro atoms. The largest absolute Gasteiger partial charge is 0.480 e. The minimum absolute atomic E-state index is 0.301. The highest BCUT2D eigenvalue weighted by Crippen LogP contribution is 2.34. The first-order valence-electron chi connectivity index (χ1n) is 10.0. The fourth-order valence-corrected chi connectivity index (χ4v) is 4.51. The van der Waals surface area contributed by atoms with Crippen LogP contribution in [0.15, 0.2) is 43.0 Å². The number of nitrogens with one attached hydrogen (secondary N) is 1. The van der Waals surface area contributed by atoms with Gasteiger partial charge in [-0.1, -0.05) is 18.2 Å². The highest BCUT2D eigenvalue weighted by molar-refractivity contribution is 7.99. The number of carboxylic acids is 1. The van der Waals surface area contributed by atoms with Crippen molar-refractivity contribution in [3.63, 3.8) is 0 Å². The van der Waals surface area contributed by atoms with Crippen LogP contribution in [0.4, 0.5) is 11.5 Å². The van der Waals surface area contributed by atoms with Crippen molar-refractivity contribution in [2.45, 2.75) is 37.0 Å². The molecule has 32 heavy (non-hydrogen) atoms. The lowest BCUT2D eigenvalue weighted by Crippen LogP contribution is -2.33. The summed E-state index contributed by atoms with van der Waals surface area (Å²) in [5.41, 5.74) is 7.30. The second kappa shape index (κ2) is 9.79. The Morgan fingerprint density at radius 1 is 1.22 bits per heavy atom. The number of carboxylic acid groups (broad SMARTS) is 1. The number of nitrogens with two attached hydrogens (primary N) is 1.